The smallest absolute Gasteiger partial charge is 0.337 e. The number of carbonyl (C=O) groups excluding carboxylic acids is 1. The number of methoxy groups -OCH3 is 1. The van der Waals surface area contributed by atoms with Crippen LogP contribution in [0.1, 0.15) is 16.1 Å². The molecule has 0 aliphatic heterocycles. The fourth-order valence-electron chi connectivity index (χ4n) is 1.80. The summed E-state index contributed by atoms with van der Waals surface area (Å²) in [6.07, 6.45) is 1.62. The minimum Gasteiger partial charge on any atom is -0.465 e. The molecule has 0 bridgehead atoms. The third-order valence-electron chi connectivity index (χ3n) is 2.89. The van der Waals surface area contributed by atoms with E-state index in [1.807, 2.05) is 0 Å². The summed E-state index contributed by atoms with van der Waals surface area (Å²) in [5, 5.41) is 14.0. The van der Waals surface area contributed by atoms with Gasteiger partial charge in [0.05, 0.1) is 29.0 Å². The maximum absolute atomic E-state index is 11.5. The topological polar surface area (TPSA) is 94.4 Å². The number of esters is 1. The Kier molecular flexibility index (Phi) is 4.13. The van der Waals surface area contributed by atoms with Crippen LogP contribution in [-0.4, -0.2) is 23.0 Å². The molecule has 0 fully saturated rings. The maximum Gasteiger partial charge on any atom is 0.337 e. The van der Waals surface area contributed by atoms with Gasteiger partial charge in [-0.05, 0) is 31.2 Å². The average molecular weight is 287 g/mol. The highest BCUT2D eigenvalue weighted by Gasteiger charge is 2.17. The zero-order valence-electron chi connectivity index (χ0n) is 11.5. The Morgan fingerprint density at radius 1 is 1.33 bits per heavy atom. The summed E-state index contributed by atoms with van der Waals surface area (Å²) in [4.78, 5) is 26.2. The molecule has 1 aromatic heterocycles. The van der Waals surface area contributed by atoms with E-state index in [0.717, 1.165) is 0 Å². The van der Waals surface area contributed by atoms with Gasteiger partial charge in [0, 0.05) is 12.3 Å². The Bertz CT molecular complexity index is 700. The molecular weight excluding hydrogens is 274 g/mol. The quantitative estimate of drug-likeness (QED) is 0.528. The molecule has 108 valence electrons. The number of benzene rings is 1. The second-order valence-corrected chi connectivity index (χ2v) is 4.24. The minimum atomic E-state index is -0.559. The van der Waals surface area contributed by atoms with Gasteiger partial charge in [-0.1, -0.05) is 0 Å². The van der Waals surface area contributed by atoms with Crippen molar-refractivity contribution >= 4 is 23.0 Å². The first kappa shape index (κ1) is 14.4. The molecule has 2 aromatic rings. The van der Waals surface area contributed by atoms with Crippen LogP contribution in [0.25, 0.3) is 0 Å². The Morgan fingerprint density at radius 2 is 2.10 bits per heavy atom. The van der Waals surface area contributed by atoms with E-state index in [2.05, 4.69) is 15.0 Å². The standard InChI is InChI=1S/C14H13N3O4/c1-9-11(4-3-7-15-9)16-12-8-10(14(18)21-2)5-6-13(12)17(19)20/h3-8,16H,1-2H3. The molecule has 7 heteroatoms. The zero-order chi connectivity index (χ0) is 15.4. The largest absolute Gasteiger partial charge is 0.465 e. The molecule has 0 unspecified atom stereocenters. The van der Waals surface area contributed by atoms with E-state index in [4.69, 9.17) is 0 Å². The molecule has 0 atom stereocenters. The van der Waals surface area contributed by atoms with Crippen molar-refractivity contribution in [1.29, 1.82) is 0 Å². The lowest BCUT2D eigenvalue weighted by atomic mass is 10.1. The number of nitrogens with zero attached hydrogens (tertiary/aromatic N) is 2. The number of aryl methyl sites for hydroxylation is 1. The van der Waals surface area contributed by atoms with Crippen LogP contribution in [0.4, 0.5) is 17.1 Å². The molecule has 21 heavy (non-hydrogen) atoms. The highest BCUT2D eigenvalue weighted by molar-refractivity contribution is 5.92. The van der Waals surface area contributed by atoms with Crippen LogP contribution >= 0.6 is 0 Å². The number of rotatable bonds is 4. The molecule has 7 nitrogen and oxygen atoms in total. The number of aromatic nitrogens is 1. The van der Waals surface area contributed by atoms with Gasteiger partial charge < -0.3 is 10.1 Å². The summed E-state index contributed by atoms with van der Waals surface area (Å²) < 4.78 is 4.62. The molecular formula is C14H13N3O4. The highest BCUT2D eigenvalue weighted by atomic mass is 16.6. The molecule has 1 heterocycles. The molecule has 0 spiro atoms. The second-order valence-electron chi connectivity index (χ2n) is 4.24. The SMILES string of the molecule is COC(=O)c1ccc([N+](=O)[O-])c(Nc2cccnc2C)c1. The van der Waals surface area contributed by atoms with Gasteiger partial charge in [-0.2, -0.15) is 0 Å². The molecule has 0 aliphatic rings. The fourth-order valence-corrected chi connectivity index (χ4v) is 1.80. The number of nitrogens with one attached hydrogen (secondary N) is 1. The van der Waals surface area contributed by atoms with Gasteiger partial charge >= 0.3 is 5.97 Å². The predicted molar refractivity (Wildman–Crippen MR) is 76.7 cm³/mol. The number of anilines is 2. The molecule has 0 saturated carbocycles. The van der Waals surface area contributed by atoms with Crippen molar-refractivity contribution in [1.82, 2.24) is 4.98 Å². The number of pyridine rings is 1. The van der Waals surface area contributed by atoms with Crippen LogP contribution in [0.3, 0.4) is 0 Å². The van der Waals surface area contributed by atoms with Gasteiger partial charge in [0.1, 0.15) is 5.69 Å². The molecule has 0 aliphatic carbocycles. The Morgan fingerprint density at radius 3 is 2.71 bits per heavy atom. The predicted octanol–water partition coefficient (Wildman–Crippen LogP) is 2.83. The minimum absolute atomic E-state index is 0.133. The summed E-state index contributed by atoms with van der Waals surface area (Å²) in [6.45, 7) is 1.78. The van der Waals surface area contributed by atoms with Crippen LogP contribution in [-0.2, 0) is 4.74 Å². The molecule has 0 amide bonds. The number of nitro benzene ring substituents is 1. The van der Waals surface area contributed by atoms with Crippen LogP contribution < -0.4 is 5.32 Å². The maximum atomic E-state index is 11.5. The molecule has 1 aromatic carbocycles. The number of hydrogen-bond donors (Lipinski definition) is 1. The molecule has 0 radical (unpaired) electrons. The van der Waals surface area contributed by atoms with Crippen molar-refractivity contribution in [2.24, 2.45) is 0 Å². The van der Waals surface area contributed by atoms with Crippen LogP contribution in [0.5, 0.6) is 0 Å². The van der Waals surface area contributed by atoms with Crippen LogP contribution in [0.2, 0.25) is 0 Å². The number of hydrogen-bond acceptors (Lipinski definition) is 6. The summed E-state index contributed by atoms with van der Waals surface area (Å²) >= 11 is 0. The summed E-state index contributed by atoms with van der Waals surface area (Å²) in [7, 11) is 1.25. The monoisotopic (exact) mass is 287 g/mol. The van der Waals surface area contributed by atoms with E-state index in [1.165, 1.54) is 25.3 Å². The first-order chi connectivity index (χ1) is 10.0. The molecule has 1 N–H and O–H groups in total. The fraction of sp³-hybridized carbons (Fsp3) is 0.143. The van der Waals surface area contributed by atoms with Crippen molar-refractivity contribution in [3.63, 3.8) is 0 Å². The normalized spacial score (nSPS) is 10.0. The van der Waals surface area contributed by atoms with Gasteiger partial charge in [0.2, 0.25) is 0 Å². The lowest BCUT2D eigenvalue weighted by Gasteiger charge is -2.10. The first-order valence-corrected chi connectivity index (χ1v) is 6.08. The van der Waals surface area contributed by atoms with E-state index in [1.54, 1.807) is 25.3 Å². The van der Waals surface area contributed by atoms with Crippen molar-refractivity contribution in [3.05, 3.63) is 57.9 Å². The van der Waals surface area contributed by atoms with Crippen molar-refractivity contribution < 1.29 is 14.5 Å². The van der Waals surface area contributed by atoms with E-state index < -0.39 is 10.9 Å². The van der Waals surface area contributed by atoms with Crippen molar-refractivity contribution in [3.8, 4) is 0 Å². The Hall–Kier alpha value is -2.96. The van der Waals surface area contributed by atoms with Gasteiger partial charge in [-0.25, -0.2) is 4.79 Å². The van der Waals surface area contributed by atoms with Crippen LogP contribution in [0, 0.1) is 17.0 Å². The van der Waals surface area contributed by atoms with Gasteiger partial charge in [0.15, 0.2) is 0 Å². The van der Waals surface area contributed by atoms with Gasteiger partial charge in [0.25, 0.3) is 5.69 Å². The Labute approximate surface area is 120 Å². The van der Waals surface area contributed by atoms with E-state index in [0.29, 0.717) is 11.4 Å². The third kappa shape index (κ3) is 3.14. The van der Waals surface area contributed by atoms with Crippen LogP contribution in [0.15, 0.2) is 36.5 Å². The summed E-state index contributed by atoms with van der Waals surface area (Å²) in [5.74, 6) is -0.559. The lowest BCUT2D eigenvalue weighted by Crippen LogP contribution is -2.04. The highest BCUT2D eigenvalue weighted by Crippen LogP contribution is 2.29. The first-order valence-electron chi connectivity index (χ1n) is 6.08. The van der Waals surface area contributed by atoms with Gasteiger partial charge in [-0.3, -0.25) is 15.1 Å². The van der Waals surface area contributed by atoms with E-state index >= 15 is 0 Å². The molecule has 0 saturated heterocycles. The van der Waals surface area contributed by atoms with E-state index in [-0.39, 0.29) is 16.9 Å². The average Bonchev–Trinajstić information content (AvgIpc) is 2.48. The zero-order valence-corrected chi connectivity index (χ0v) is 11.5. The molecule has 2 rings (SSSR count). The Balaban J connectivity index is 2.46. The number of carbonyl (C=O) groups is 1. The number of ether oxygens (including phenoxy) is 1. The van der Waals surface area contributed by atoms with E-state index in [9.17, 15) is 14.9 Å². The number of nitro groups is 1. The van der Waals surface area contributed by atoms with Crippen molar-refractivity contribution in [2.45, 2.75) is 6.92 Å². The van der Waals surface area contributed by atoms with Crippen molar-refractivity contribution in [2.75, 3.05) is 12.4 Å². The van der Waals surface area contributed by atoms with Gasteiger partial charge in [-0.15, -0.1) is 0 Å². The lowest BCUT2D eigenvalue weighted by molar-refractivity contribution is -0.383. The third-order valence-corrected chi connectivity index (χ3v) is 2.89. The second kappa shape index (κ2) is 6.00. The summed E-state index contributed by atoms with van der Waals surface area (Å²) in [6, 6.07) is 7.46. The summed E-state index contributed by atoms with van der Waals surface area (Å²) in [5.41, 5.74) is 1.62.